The van der Waals surface area contributed by atoms with E-state index in [0.29, 0.717) is 5.02 Å². The van der Waals surface area contributed by atoms with Gasteiger partial charge in [-0.2, -0.15) is 5.26 Å². The highest BCUT2D eigenvalue weighted by Crippen LogP contribution is 2.22. The number of halogens is 2. The number of carbonyl (C=O) groups is 1. The van der Waals surface area contributed by atoms with Crippen molar-refractivity contribution in [2.45, 2.75) is 0 Å². The van der Waals surface area contributed by atoms with Crippen LogP contribution in [0.25, 0.3) is 0 Å². The molecule has 1 aromatic carbocycles. The van der Waals surface area contributed by atoms with Gasteiger partial charge in [-0.15, -0.1) is 0 Å². The lowest BCUT2D eigenvalue weighted by Gasteiger charge is -2.08. The van der Waals surface area contributed by atoms with E-state index in [1.165, 1.54) is 18.2 Å². The third-order valence-corrected chi connectivity index (χ3v) is 2.72. The summed E-state index contributed by atoms with van der Waals surface area (Å²) in [6, 6.07) is 7.28. The van der Waals surface area contributed by atoms with Crippen molar-refractivity contribution in [1.82, 2.24) is 4.98 Å². The van der Waals surface area contributed by atoms with Crippen molar-refractivity contribution in [2.24, 2.45) is 0 Å². The number of rotatable bonds is 2. The first-order chi connectivity index (χ1) is 9.51. The van der Waals surface area contributed by atoms with Crippen LogP contribution in [0.5, 0.6) is 0 Å². The minimum Gasteiger partial charge on any atom is -0.383 e. The second-order valence-electron chi connectivity index (χ2n) is 3.84. The normalized spacial score (nSPS) is 9.85. The number of amides is 1. The fourth-order valence-corrected chi connectivity index (χ4v) is 1.71. The van der Waals surface area contributed by atoms with Crippen molar-refractivity contribution in [1.29, 1.82) is 5.26 Å². The molecule has 0 aliphatic heterocycles. The summed E-state index contributed by atoms with van der Waals surface area (Å²) in [4.78, 5) is 15.6. The Balaban J connectivity index is 2.35. The predicted octanol–water partition coefficient (Wildman–Crippen LogP) is 2.58. The van der Waals surface area contributed by atoms with Gasteiger partial charge in [-0.05, 0) is 24.3 Å². The van der Waals surface area contributed by atoms with Crippen LogP contribution in [-0.4, -0.2) is 10.9 Å². The quantitative estimate of drug-likeness (QED) is 0.889. The monoisotopic (exact) mass is 290 g/mol. The summed E-state index contributed by atoms with van der Waals surface area (Å²) in [5.41, 5.74) is 5.84. The van der Waals surface area contributed by atoms with Gasteiger partial charge in [-0.25, -0.2) is 9.37 Å². The van der Waals surface area contributed by atoms with Crippen molar-refractivity contribution in [3.05, 3.63) is 52.4 Å². The van der Waals surface area contributed by atoms with Gasteiger partial charge in [-0.3, -0.25) is 4.79 Å². The fraction of sp³-hybridized carbons (Fsp3) is 0. The number of nitriles is 1. The van der Waals surface area contributed by atoms with E-state index in [1.54, 1.807) is 0 Å². The summed E-state index contributed by atoms with van der Waals surface area (Å²) in [7, 11) is 0. The molecule has 3 N–H and O–H groups in total. The molecular formula is C13H8ClFN4O. The van der Waals surface area contributed by atoms with E-state index in [-0.39, 0.29) is 22.6 Å². The summed E-state index contributed by atoms with van der Waals surface area (Å²) < 4.78 is 13.1. The highest BCUT2D eigenvalue weighted by molar-refractivity contribution is 6.31. The summed E-state index contributed by atoms with van der Waals surface area (Å²) in [6.45, 7) is 0. The van der Waals surface area contributed by atoms with Gasteiger partial charge in [0.25, 0.3) is 5.91 Å². The summed E-state index contributed by atoms with van der Waals surface area (Å²) in [5, 5.41) is 11.8. The Bertz CT molecular complexity index is 727. The highest BCUT2D eigenvalue weighted by Gasteiger charge is 2.14. The minimum absolute atomic E-state index is 0.107. The molecule has 2 rings (SSSR count). The zero-order valence-electron chi connectivity index (χ0n) is 10.0. The summed E-state index contributed by atoms with van der Waals surface area (Å²) in [5.74, 6) is -1.46. The van der Waals surface area contributed by atoms with Crippen molar-refractivity contribution in [3.63, 3.8) is 0 Å². The number of nitrogens with two attached hydrogens (primary N) is 1. The molecule has 0 saturated carbocycles. The van der Waals surface area contributed by atoms with Gasteiger partial charge in [0.2, 0.25) is 0 Å². The lowest BCUT2D eigenvalue weighted by atomic mass is 10.1. The molecule has 0 fully saturated rings. The Morgan fingerprint density at radius 1 is 1.45 bits per heavy atom. The molecule has 0 aliphatic rings. The first-order valence-electron chi connectivity index (χ1n) is 5.43. The molecule has 20 heavy (non-hydrogen) atoms. The predicted molar refractivity (Wildman–Crippen MR) is 72.7 cm³/mol. The van der Waals surface area contributed by atoms with E-state index in [0.717, 1.165) is 12.3 Å². The number of hydrogen-bond donors (Lipinski definition) is 2. The van der Waals surface area contributed by atoms with Gasteiger partial charge in [0, 0.05) is 5.02 Å². The number of pyridine rings is 1. The Hall–Kier alpha value is -2.65. The first kappa shape index (κ1) is 13.8. The topological polar surface area (TPSA) is 91.8 Å². The van der Waals surface area contributed by atoms with Gasteiger partial charge in [-0.1, -0.05) is 11.6 Å². The maximum atomic E-state index is 13.1. The van der Waals surface area contributed by atoms with Gasteiger partial charge < -0.3 is 11.1 Å². The van der Waals surface area contributed by atoms with Gasteiger partial charge in [0.05, 0.1) is 23.0 Å². The van der Waals surface area contributed by atoms with Crippen molar-refractivity contribution < 1.29 is 9.18 Å². The van der Waals surface area contributed by atoms with Gasteiger partial charge >= 0.3 is 0 Å². The SMILES string of the molecule is N#Cc1ccc(Cl)cc1NC(=O)c1cc(F)cnc1N. The van der Waals surface area contributed by atoms with Crippen LogP contribution >= 0.6 is 11.6 Å². The van der Waals surface area contributed by atoms with Crippen molar-refractivity contribution >= 4 is 29.0 Å². The molecule has 0 atom stereocenters. The average molecular weight is 291 g/mol. The maximum absolute atomic E-state index is 13.1. The van der Waals surface area contributed by atoms with E-state index in [9.17, 15) is 9.18 Å². The van der Waals surface area contributed by atoms with E-state index in [1.807, 2.05) is 6.07 Å². The molecule has 1 amide bonds. The zero-order chi connectivity index (χ0) is 14.7. The molecule has 0 radical (unpaired) electrons. The number of nitrogens with one attached hydrogen (secondary N) is 1. The van der Waals surface area contributed by atoms with E-state index in [4.69, 9.17) is 22.6 Å². The van der Waals surface area contributed by atoms with Crippen LogP contribution in [0.3, 0.4) is 0 Å². The molecular weight excluding hydrogens is 283 g/mol. The third-order valence-electron chi connectivity index (χ3n) is 2.48. The summed E-state index contributed by atoms with van der Waals surface area (Å²) >= 11 is 5.80. The second-order valence-corrected chi connectivity index (χ2v) is 4.28. The molecule has 1 heterocycles. The van der Waals surface area contributed by atoms with E-state index < -0.39 is 11.7 Å². The fourth-order valence-electron chi connectivity index (χ4n) is 1.54. The maximum Gasteiger partial charge on any atom is 0.259 e. The van der Waals surface area contributed by atoms with Crippen LogP contribution in [-0.2, 0) is 0 Å². The van der Waals surface area contributed by atoms with Crippen molar-refractivity contribution in [2.75, 3.05) is 11.1 Å². The van der Waals surface area contributed by atoms with Crippen LogP contribution in [0.4, 0.5) is 15.9 Å². The molecule has 0 unspecified atom stereocenters. The minimum atomic E-state index is -0.684. The number of carbonyl (C=O) groups excluding carboxylic acids is 1. The summed E-state index contributed by atoms with van der Waals surface area (Å²) in [6.07, 6.45) is 0.909. The number of anilines is 2. The molecule has 1 aromatic heterocycles. The molecule has 2 aromatic rings. The number of hydrogen-bond acceptors (Lipinski definition) is 4. The van der Waals surface area contributed by atoms with Gasteiger partial charge in [0.15, 0.2) is 0 Å². The van der Waals surface area contributed by atoms with Crippen LogP contribution < -0.4 is 11.1 Å². The number of benzene rings is 1. The van der Waals surface area contributed by atoms with E-state index >= 15 is 0 Å². The largest absolute Gasteiger partial charge is 0.383 e. The Kier molecular flexibility index (Phi) is 3.82. The molecule has 7 heteroatoms. The second kappa shape index (κ2) is 5.55. The molecule has 0 spiro atoms. The molecule has 0 bridgehead atoms. The van der Waals surface area contributed by atoms with Gasteiger partial charge in [0.1, 0.15) is 17.7 Å². The third kappa shape index (κ3) is 2.84. The van der Waals surface area contributed by atoms with Crippen LogP contribution in [0.1, 0.15) is 15.9 Å². The lowest BCUT2D eigenvalue weighted by Crippen LogP contribution is -2.16. The van der Waals surface area contributed by atoms with E-state index in [2.05, 4.69) is 10.3 Å². The smallest absolute Gasteiger partial charge is 0.259 e. The Labute approximate surface area is 118 Å². The average Bonchev–Trinajstić information content (AvgIpc) is 2.41. The number of aromatic nitrogens is 1. The first-order valence-corrected chi connectivity index (χ1v) is 5.81. The highest BCUT2D eigenvalue weighted by atomic mass is 35.5. The Morgan fingerprint density at radius 2 is 2.20 bits per heavy atom. The zero-order valence-corrected chi connectivity index (χ0v) is 10.8. The number of nitrogen functional groups attached to an aromatic ring is 1. The van der Waals surface area contributed by atoms with Crippen LogP contribution in [0, 0.1) is 17.1 Å². The molecule has 100 valence electrons. The molecule has 0 aliphatic carbocycles. The standard InChI is InChI=1S/C13H8ClFN4O/c14-8-2-1-7(5-16)11(3-8)19-13(20)10-4-9(15)6-18-12(10)17/h1-4,6H,(H2,17,18)(H,19,20). The lowest BCUT2D eigenvalue weighted by molar-refractivity contribution is 0.102. The van der Waals surface area contributed by atoms with Crippen molar-refractivity contribution in [3.8, 4) is 6.07 Å². The van der Waals surface area contributed by atoms with Crippen LogP contribution in [0.15, 0.2) is 30.5 Å². The molecule has 0 saturated heterocycles. The molecule has 5 nitrogen and oxygen atoms in total. The number of nitrogens with zero attached hydrogens (tertiary/aromatic N) is 2. The van der Waals surface area contributed by atoms with Crippen LogP contribution in [0.2, 0.25) is 5.02 Å². The Morgan fingerprint density at radius 3 is 2.90 bits per heavy atom.